The Morgan fingerprint density at radius 3 is 2.56 bits per heavy atom. The van der Waals surface area contributed by atoms with Crippen molar-refractivity contribution in [2.75, 3.05) is 13.1 Å². The first-order valence-electron chi connectivity index (χ1n) is 11.7. The highest BCUT2D eigenvalue weighted by molar-refractivity contribution is 9.10. The molecule has 0 atom stereocenters. The van der Waals surface area contributed by atoms with Crippen LogP contribution in [0.15, 0.2) is 88.2 Å². The summed E-state index contributed by atoms with van der Waals surface area (Å²) in [7, 11) is 0. The number of amides is 3. The molecule has 11 heteroatoms. The molecule has 0 radical (unpaired) electrons. The molecular formula is C28H19BrN4O5S. The number of fused-ring (bicyclic) bond motifs is 1. The van der Waals surface area contributed by atoms with Gasteiger partial charge in [-0.3, -0.25) is 29.4 Å². The number of imide groups is 1. The molecule has 3 amide bonds. The number of hydrogen-bond donors (Lipinski definition) is 1. The zero-order chi connectivity index (χ0) is 27.5. The number of thioether (sulfide) groups is 1. The lowest BCUT2D eigenvalue weighted by Gasteiger charge is -2.14. The molecule has 4 aromatic rings. The summed E-state index contributed by atoms with van der Waals surface area (Å²) in [4.78, 5) is 54.9. The molecule has 5 rings (SSSR count). The molecular weight excluding hydrogens is 584 g/mol. The lowest BCUT2D eigenvalue weighted by atomic mass is 10.0. The van der Waals surface area contributed by atoms with Gasteiger partial charge in [0.05, 0.1) is 26.6 Å². The van der Waals surface area contributed by atoms with Crippen molar-refractivity contribution >= 4 is 67.4 Å². The molecule has 0 aliphatic carbocycles. The first-order chi connectivity index (χ1) is 18.8. The monoisotopic (exact) mass is 602 g/mol. The second kappa shape index (κ2) is 11.2. The minimum absolute atomic E-state index is 0.00445. The molecule has 1 N–H and O–H groups in total. The van der Waals surface area contributed by atoms with Gasteiger partial charge in [0.1, 0.15) is 0 Å². The zero-order valence-corrected chi connectivity index (χ0v) is 22.6. The Bertz CT molecular complexity index is 1670. The average molecular weight is 603 g/mol. The Labute approximate surface area is 235 Å². The van der Waals surface area contributed by atoms with Gasteiger partial charge in [-0.1, -0.05) is 46.3 Å². The number of aromatic nitrogens is 1. The van der Waals surface area contributed by atoms with Gasteiger partial charge in [0.2, 0.25) is 0 Å². The Kier molecular flexibility index (Phi) is 7.53. The van der Waals surface area contributed by atoms with E-state index in [0.29, 0.717) is 27.7 Å². The molecule has 3 aromatic carbocycles. The highest BCUT2D eigenvalue weighted by Crippen LogP contribution is 2.32. The number of nitro benzene ring substituents is 1. The van der Waals surface area contributed by atoms with Crippen LogP contribution in [0.3, 0.4) is 0 Å². The Balaban J connectivity index is 1.29. The molecule has 39 heavy (non-hydrogen) atoms. The number of non-ortho nitro benzene ring substituents is 1. The summed E-state index contributed by atoms with van der Waals surface area (Å²) < 4.78 is 0.890. The van der Waals surface area contributed by atoms with Gasteiger partial charge in [-0.25, -0.2) is 4.98 Å². The average Bonchev–Trinajstić information content (AvgIpc) is 3.20. The van der Waals surface area contributed by atoms with E-state index in [-0.39, 0.29) is 29.6 Å². The fourth-order valence-electron chi connectivity index (χ4n) is 4.07. The lowest BCUT2D eigenvalue weighted by molar-refractivity contribution is -0.384. The quantitative estimate of drug-likeness (QED) is 0.155. The van der Waals surface area contributed by atoms with Crippen molar-refractivity contribution in [3.05, 3.63) is 109 Å². The molecule has 9 nitrogen and oxygen atoms in total. The number of carbonyl (C=O) groups excluding carboxylic acids is 3. The summed E-state index contributed by atoms with van der Waals surface area (Å²) in [6.07, 6.45) is 1.51. The molecule has 2 heterocycles. The van der Waals surface area contributed by atoms with Crippen LogP contribution in [0, 0.1) is 10.1 Å². The van der Waals surface area contributed by atoms with Crippen LogP contribution >= 0.6 is 27.7 Å². The predicted octanol–water partition coefficient (Wildman–Crippen LogP) is 6.04. The third kappa shape index (κ3) is 5.74. The first kappa shape index (κ1) is 26.3. The van der Waals surface area contributed by atoms with E-state index in [1.807, 2.05) is 48.5 Å². The van der Waals surface area contributed by atoms with Crippen molar-refractivity contribution in [1.82, 2.24) is 15.2 Å². The minimum atomic E-state index is -0.512. The fourth-order valence-corrected chi connectivity index (χ4v) is 5.34. The first-order valence-corrected chi connectivity index (χ1v) is 13.3. The number of carbonyl (C=O) groups is 3. The van der Waals surface area contributed by atoms with Crippen LogP contribution in [-0.2, 0) is 4.79 Å². The van der Waals surface area contributed by atoms with E-state index >= 15 is 0 Å². The Morgan fingerprint density at radius 2 is 1.82 bits per heavy atom. The summed E-state index contributed by atoms with van der Waals surface area (Å²) in [6, 6.07) is 22.4. The molecule has 1 aromatic heterocycles. The molecule has 1 fully saturated rings. The Hall–Kier alpha value is -4.35. The number of benzene rings is 3. The second-order valence-corrected chi connectivity index (χ2v) is 10.4. The van der Waals surface area contributed by atoms with Crippen LogP contribution in [0.5, 0.6) is 0 Å². The van der Waals surface area contributed by atoms with Gasteiger partial charge in [0.15, 0.2) is 0 Å². The summed E-state index contributed by atoms with van der Waals surface area (Å²) in [5, 5.41) is 13.9. The van der Waals surface area contributed by atoms with Crippen LogP contribution in [0.25, 0.3) is 28.2 Å². The minimum Gasteiger partial charge on any atom is -0.350 e. The number of nitrogens with one attached hydrogen (secondary N) is 1. The number of nitrogens with zero attached hydrogens (tertiary/aromatic N) is 3. The SMILES string of the molecule is O=C(NCCN1C(=O)S/C(=C/c2ccc([N+](=O)[O-])cc2)C1=O)c1cc(-c2cccc(Br)c2)nc2ccccc12. The van der Waals surface area contributed by atoms with Crippen LogP contribution in [0.4, 0.5) is 10.5 Å². The molecule has 1 aliphatic rings. The number of nitro groups is 1. The van der Waals surface area contributed by atoms with Crippen LogP contribution < -0.4 is 5.32 Å². The molecule has 194 valence electrons. The molecule has 0 unspecified atom stereocenters. The number of rotatable bonds is 7. The highest BCUT2D eigenvalue weighted by Gasteiger charge is 2.34. The van der Waals surface area contributed by atoms with Crippen molar-refractivity contribution in [3.63, 3.8) is 0 Å². The standard InChI is InChI=1S/C28H19BrN4O5S/c29-19-5-3-4-18(15-19)24-16-22(21-6-1-2-7-23(21)31-24)26(34)30-12-13-32-27(35)25(39-28(32)36)14-17-8-10-20(11-9-17)33(37)38/h1-11,14-16H,12-13H2,(H,30,34)/b25-14+. The summed E-state index contributed by atoms with van der Waals surface area (Å²) in [5.41, 5.74) is 3.08. The van der Waals surface area contributed by atoms with Crippen molar-refractivity contribution in [3.8, 4) is 11.3 Å². The van der Waals surface area contributed by atoms with Gasteiger partial charge in [-0.2, -0.15) is 0 Å². The van der Waals surface area contributed by atoms with Crippen LogP contribution in [0.2, 0.25) is 0 Å². The van der Waals surface area contributed by atoms with Crippen molar-refractivity contribution in [1.29, 1.82) is 0 Å². The Morgan fingerprint density at radius 1 is 1.05 bits per heavy atom. The fraction of sp³-hybridized carbons (Fsp3) is 0.0714. The van der Waals surface area contributed by atoms with E-state index in [1.165, 1.54) is 30.3 Å². The molecule has 0 bridgehead atoms. The van der Waals surface area contributed by atoms with Gasteiger partial charge < -0.3 is 5.32 Å². The summed E-state index contributed by atoms with van der Waals surface area (Å²) >= 11 is 4.25. The van der Waals surface area contributed by atoms with Gasteiger partial charge in [-0.15, -0.1) is 0 Å². The maximum Gasteiger partial charge on any atom is 0.293 e. The largest absolute Gasteiger partial charge is 0.350 e. The van der Waals surface area contributed by atoms with Gasteiger partial charge in [-0.05, 0) is 59.8 Å². The van der Waals surface area contributed by atoms with Gasteiger partial charge in [0.25, 0.3) is 22.7 Å². The van der Waals surface area contributed by atoms with Crippen molar-refractivity contribution in [2.45, 2.75) is 0 Å². The van der Waals surface area contributed by atoms with Gasteiger partial charge in [0, 0.05) is 40.6 Å². The lowest BCUT2D eigenvalue weighted by Crippen LogP contribution is -2.37. The van der Waals surface area contributed by atoms with E-state index in [9.17, 15) is 24.5 Å². The van der Waals surface area contributed by atoms with E-state index < -0.39 is 16.1 Å². The summed E-state index contributed by atoms with van der Waals surface area (Å²) in [6.45, 7) is 0.0556. The van der Waals surface area contributed by atoms with E-state index in [2.05, 4.69) is 21.2 Å². The third-order valence-electron chi connectivity index (χ3n) is 5.98. The van der Waals surface area contributed by atoms with Crippen molar-refractivity contribution in [2.24, 2.45) is 0 Å². The molecule has 1 aliphatic heterocycles. The van der Waals surface area contributed by atoms with Crippen LogP contribution in [0.1, 0.15) is 15.9 Å². The number of pyridine rings is 1. The molecule has 1 saturated heterocycles. The van der Waals surface area contributed by atoms with Gasteiger partial charge >= 0.3 is 0 Å². The summed E-state index contributed by atoms with van der Waals surface area (Å²) in [5.74, 6) is -0.831. The second-order valence-electron chi connectivity index (χ2n) is 8.52. The maximum absolute atomic E-state index is 13.2. The number of hydrogen-bond acceptors (Lipinski definition) is 7. The van der Waals surface area contributed by atoms with E-state index in [0.717, 1.165) is 26.7 Å². The topological polar surface area (TPSA) is 123 Å². The molecule has 0 spiro atoms. The zero-order valence-electron chi connectivity index (χ0n) is 20.2. The van der Waals surface area contributed by atoms with Crippen LogP contribution in [-0.4, -0.2) is 45.0 Å². The highest BCUT2D eigenvalue weighted by atomic mass is 79.9. The van der Waals surface area contributed by atoms with Crippen molar-refractivity contribution < 1.29 is 19.3 Å². The normalized spacial score (nSPS) is 14.3. The third-order valence-corrected chi connectivity index (χ3v) is 7.38. The predicted molar refractivity (Wildman–Crippen MR) is 153 cm³/mol. The smallest absolute Gasteiger partial charge is 0.293 e. The molecule has 0 saturated carbocycles. The van der Waals surface area contributed by atoms with E-state index in [4.69, 9.17) is 4.98 Å². The van der Waals surface area contributed by atoms with E-state index in [1.54, 1.807) is 6.07 Å². The number of para-hydroxylation sites is 1. The number of halogens is 1. The maximum atomic E-state index is 13.2.